The molecule has 1 fully saturated rings. The number of sulfonamides is 1. The summed E-state index contributed by atoms with van der Waals surface area (Å²) in [7, 11) is -3.58. The first kappa shape index (κ1) is 17.4. The predicted molar refractivity (Wildman–Crippen MR) is 87.0 cm³/mol. The van der Waals surface area contributed by atoms with Crippen molar-refractivity contribution in [3.05, 3.63) is 57.8 Å². The van der Waals surface area contributed by atoms with Crippen LogP contribution in [0.25, 0.3) is 0 Å². The molecule has 8 heteroatoms. The van der Waals surface area contributed by atoms with Crippen LogP contribution >= 0.6 is 11.3 Å². The maximum atomic E-state index is 12.7. The molecule has 1 aliphatic rings. The summed E-state index contributed by atoms with van der Waals surface area (Å²) in [6.45, 7) is 0.317. The average molecular weight is 375 g/mol. The highest BCUT2D eigenvalue weighted by atomic mass is 32.2. The van der Waals surface area contributed by atoms with Crippen LogP contribution in [0.2, 0.25) is 0 Å². The first-order valence-corrected chi connectivity index (χ1v) is 9.97. The molecule has 0 saturated heterocycles. The number of benzene rings is 1. The van der Waals surface area contributed by atoms with Gasteiger partial charge in [-0.25, -0.2) is 8.42 Å². The van der Waals surface area contributed by atoms with Gasteiger partial charge in [0, 0.05) is 12.6 Å². The minimum atomic E-state index is -4.42. The molecule has 24 heavy (non-hydrogen) atoms. The van der Waals surface area contributed by atoms with E-state index in [2.05, 4.69) is 0 Å². The number of hydrogen-bond donors (Lipinski definition) is 0. The Balaban J connectivity index is 1.76. The number of thiophene rings is 1. The summed E-state index contributed by atoms with van der Waals surface area (Å²) < 4.78 is 64.6. The van der Waals surface area contributed by atoms with Crippen molar-refractivity contribution < 1.29 is 21.6 Å². The lowest BCUT2D eigenvalue weighted by atomic mass is 10.1. The number of nitrogens with zero attached hydrogens (tertiary/aromatic N) is 1. The molecule has 0 unspecified atom stereocenters. The highest BCUT2D eigenvalue weighted by Crippen LogP contribution is 2.33. The van der Waals surface area contributed by atoms with Gasteiger partial charge in [0.05, 0.1) is 11.3 Å². The molecule has 1 saturated carbocycles. The van der Waals surface area contributed by atoms with Gasteiger partial charge in [0.25, 0.3) is 0 Å². The van der Waals surface area contributed by atoms with Gasteiger partial charge in [-0.3, -0.25) is 0 Å². The van der Waals surface area contributed by atoms with Crippen molar-refractivity contribution in [2.24, 2.45) is 0 Å². The van der Waals surface area contributed by atoms with Crippen LogP contribution in [-0.2, 0) is 28.5 Å². The molecule has 0 radical (unpaired) electrons. The molecule has 3 rings (SSSR count). The summed E-state index contributed by atoms with van der Waals surface area (Å²) >= 11 is 1.50. The normalized spacial score (nSPS) is 15.8. The highest BCUT2D eigenvalue weighted by molar-refractivity contribution is 7.88. The largest absolute Gasteiger partial charge is 0.416 e. The minimum absolute atomic E-state index is 0.00403. The molecule has 0 amide bonds. The Morgan fingerprint density at radius 2 is 1.75 bits per heavy atom. The van der Waals surface area contributed by atoms with E-state index in [-0.39, 0.29) is 11.8 Å². The first-order valence-electron chi connectivity index (χ1n) is 7.42. The third-order valence-corrected chi connectivity index (χ3v) is 6.43. The molecule has 0 aliphatic heterocycles. The van der Waals surface area contributed by atoms with E-state index in [0.717, 1.165) is 30.5 Å². The lowest BCUT2D eigenvalue weighted by molar-refractivity contribution is -0.137. The first-order chi connectivity index (χ1) is 11.3. The molecule has 130 valence electrons. The molecule has 1 aromatic carbocycles. The van der Waals surface area contributed by atoms with Crippen molar-refractivity contribution in [2.45, 2.75) is 37.4 Å². The van der Waals surface area contributed by atoms with Gasteiger partial charge in [-0.1, -0.05) is 12.1 Å². The third-order valence-electron chi connectivity index (χ3n) is 3.86. The fraction of sp³-hybridized carbons (Fsp3) is 0.375. The molecule has 1 heterocycles. The third kappa shape index (κ3) is 4.17. The second-order valence-electron chi connectivity index (χ2n) is 5.86. The average Bonchev–Trinajstić information content (AvgIpc) is 3.19. The van der Waals surface area contributed by atoms with Crippen molar-refractivity contribution >= 4 is 21.4 Å². The van der Waals surface area contributed by atoms with Crippen LogP contribution in [0.5, 0.6) is 0 Å². The Morgan fingerprint density at radius 1 is 1.08 bits per heavy atom. The van der Waals surface area contributed by atoms with E-state index in [1.807, 2.05) is 16.8 Å². The maximum Gasteiger partial charge on any atom is 0.416 e. The van der Waals surface area contributed by atoms with Crippen molar-refractivity contribution in [1.29, 1.82) is 0 Å². The van der Waals surface area contributed by atoms with E-state index in [0.29, 0.717) is 12.1 Å². The van der Waals surface area contributed by atoms with E-state index >= 15 is 0 Å². The SMILES string of the molecule is O=S(=O)(Cc1ccc(C(F)(F)F)cc1)N(Cc1ccsc1)C1CC1. The van der Waals surface area contributed by atoms with Crippen LogP contribution in [-0.4, -0.2) is 18.8 Å². The van der Waals surface area contributed by atoms with Crippen LogP contribution in [0.1, 0.15) is 29.5 Å². The Labute approximate surface area is 142 Å². The monoisotopic (exact) mass is 375 g/mol. The lowest BCUT2D eigenvalue weighted by Gasteiger charge is -2.21. The molecule has 3 nitrogen and oxygen atoms in total. The molecule has 0 bridgehead atoms. The molecular weight excluding hydrogens is 359 g/mol. The standard InChI is InChI=1S/C16H16F3NO2S2/c17-16(18,19)14-3-1-12(2-4-14)11-24(21,22)20(15-5-6-15)9-13-7-8-23-10-13/h1-4,7-8,10,15H,5-6,9,11H2. The van der Waals surface area contributed by atoms with Gasteiger partial charge >= 0.3 is 6.18 Å². The van der Waals surface area contributed by atoms with E-state index in [1.54, 1.807) is 0 Å². The van der Waals surface area contributed by atoms with Gasteiger partial charge in [0.15, 0.2) is 0 Å². The zero-order valence-electron chi connectivity index (χ0n) is 12.7. The Kier molecular flexibility index (Phi) is 4.72. The summed E-state index contributed by atoms with van der Waals surface area (Å²) in [5.41, 5.74) is 0.517. The van der Waals surface area contributed by atoms with Crippen LogP contribution in [0.3, 0.4) is 0 Å². The summed E-state index contributed by atoms with van der Waals surface area (Å²) in [4.78, 5) is 0. The number of alkyl halides is 3. The van der Waals surface area contributed by atoms with E-state index in [9.17, 15) is 21.6 Å². The van der Waals surface area contributed by atoms with Gasteiger partial charge < -0.3 is 0 Å². The smallest absolute Gasteiger partial charge is 0.212 e. The molecule has 0 N–H and O–H groups in total. The van der Waals surface area contributed by atoms with Gasteiger partial charge in [-0.2, -0.15) is 28.8 Å². The van der Waals surface area contributed by atoms with Crippen LogP contribution < -0.4 is 0 Å². The second kappa shape index (κ2) is 6.50. The van der Waals surface area contributed by atoms with Gasteiger partial charge in [0.1, 0.15) is 0 Å². The van der Waals surface area contributed by atoms with Crippen molar-refractivity contribution in [3.8, 4) is 0 Å². The summed E-state index contributed by atoms with van der Waals surface area (Å²) in [6.07, 6.45) is -2.76. The highest BCUT2D eigenvalue weighted by Gasteiger charge is 2.37. The fourth-order valence-corrected chi connectivity index (χ4v) is 4.91. The molecule has 0 spiro atoms. The van der Waals surface area contributed by atoms with E-state index < -0.39 is 21.8 Å². The van der Waals surface area contributed by atoms with Crippen LogP contribution in [0, 0.1) is 0 Å². The number of rotatable bonds is 6. The van der Waals surface area contributed by atoms with Crippen molar-refractivity contribution in [2.75, 3.05) is 0 Å². The van der Waals surface area contributed by atoms with Crippen molar-refractivity contribution in [3.63, 3.8) is 0 Å². The predicted octanol–water partition coefficient (Wildman–Crippen LogP) is 4.26. The topological polar surface area (TPSA) is 37.4 Å². The quantitative estimate of drug-likeness (QED) is 0.756. The molecule has 1 aromatic heterocycles. The summed E-state index contributed by atoms with van der Waals surface area (Å²) in [5.74, 6) is -0.286. The minimum Gasteiger partial charge on any atom is -0.212 e. The number of halogens is 3. The maximum absolute atomic E-state index is 12.7. The summed E-state index contributed by atoms with van der Waals surface area (Å²) in [6, 6.07) is 6.19. The van der Waals surface area contributed by atoms with Crippen LogP contribution in [0.15, 0.2) is 41.1 Å². The molecular formula is C16H16F3NO2S2. The summed E-state index contributed by atoms with van der Waals surface area (Å²) in [5, 5.41) is 3.80. The molecule has 1 aliphatic carbocycles. The molecule has 2 aromatic rings. The zero-order chi connectivity index (χ0) is 17.4. The second-order valence-corrected chi connectivity index (χ2v) is 8.56. The van der Waals surface area contributed by atoms with E-state index in [1.165, 1.54) is 27.8 Å². The number of hydrogen-bond acceptors (Lipinski definition) is 3. The van der Waals surface area contributed by atoms with Gasteiger partial charge in [-0.15, -0.1) is 0 Å². The fourth-order valence-electron chi connectivity index (χ4n) is 2.46. The van der Waals surface area contributed by atoms with Gasteiger partial charge in [-0.05, 0) is 52.9 Å². The Morgan fingerprint density at radius 3 is 2.25 bits per heavy atom. The Bertz CT molecular complexity index is 780. The lowest BCUT2D eigenvalue weighted by Crippen LogP contribution is -2.33. The Hall–Kier alpha value is -1.38. The van der Waals surface area contributed by atoms with Crippen LogP contribution in [0.4, 0.5) is 13.2 Å². The zero-order valence-corrected chi connectivity index (χ0v) is 14.3. The van der Waals surface area contributed by atoms with Gasteiger partial charge in [0.2, 0.25) is 10.0 Å². The molecule has 0 atom stereocenters. The van der Waals surface area contributed by atoms with Crippen molar-refractivity contribution in [1.82, 2.24) is 4.31 Å². The van der Waals surface area contributed by atoms with E-state index in [4.69, 9.17) is 0 Å².